The number of hydrogen-bond acceptors (Lipinski definition) is 3. The summed E-state index contributed by atoms with van der Waals surface area (Å²) >= 11 is 0. The van der Waals surface area contributed by atoms with E-state index in [1.165, 1.54) is 11.1 Å². The molecule has 1 aromatic heterocycles. The van der Waals surface area contributed by atoms with Gasteiger partial charge in [-0.05, 0) is 42.5 Å². The lowest BCUT2D eigenvalue weighted by molar-refractivity contribution is 0.420. The largest absolute Gasteiger partial charge is 0.399 e. The van der Waals surface area contributed by atoms with Crippen molar-refractivity contribution < 1.29 is 0 Å². The third-order valence-electron chi connectivity index (χ3n) is 3.90. The molecule has 1 heterocycles. The topological polar surface area (TPSA) is 66.7 Å². The van der Waals surface area contributed by atoms with E-state index in [9.17, 15) is 0 Å². The standard InChI is InChI=1S/C15H20N4/c1-2-13(15-17-7-8-18-15)19-14-6-3-10-9-11(16)4-5-12(10)14/h4-5,7-9,13-14,19H,2-3,6,16H2,1H3,(H,17,18). The number of benzene rings is 1. The summed E-state index contributed by atoms with van der Waals surface area (Å²) in [5, 5.41) is 3.71. The van der Waals surface area contributed by atoms with E-state index in [1.807, 2.05) is 18.5 Å². The van der Waals surface area contributed by atoms with Crippen LogP contribution in [0.1, 0.15) is 48.8 Å². The molecule has 4 N–H and O–H groups in total. The van der Waals surface area contributed by atoms with Crippen LogP contribution in [0.4, 0.5) is 5.69 Å². The first-order valence-electron chi connectivity index (χ1n) is 6.91. The zero-order chi connectivity index (χ0) is 13.2. The second-order valence-electron chi connectivity index (χ2n) is 5.15. The lowest BCUT2D eigenvalue weighted by Crippen LogP contribution is -2.25. The summed E-state index contributed by atoms with van der Waals surface area (Å²) in [4.78, 5) is 7.56. The molecule has 2 atom stereocenters. The third-order valence-corrected chi connectivity index (χ3v) is 3.90. The predicted molar refractivity (Wildman–Crippen MR) is 76.7 cm³/mol. The van der Waals surface area contributed by atoms with E-state index in [1.54, 1.807) is 0 Å². The molecule has 0 bridgehead atoms. The van der Waals surface area contributed by atoms with Gasteiger partial charge in [-0.3, -0.25) is 0 Å². The number of nitrogen functional groups attached to an aromatic ring is 1. The van der Waals surface area contributed by atoms with Crippen LogP contribution < -0.4 is 11.1 Å². The summed E-state index contributed by atoms with van der Waals surface area (Å²) in [6.07, 6.45) is 6.95. The van der Waals surface area contributed by atoms with Crippen molar-refractivity contribution in [3.63, 3.8) is 0 Å². The molecule has 2 aromatic rings. The Bertz CT molecular complexity index is 547. The Morgan fingerprint density at radius 2 is 2.42 bits per heavy atom. The molecule has 0 saturated carbocycles. The van der Waals surface area contributed by atoms with Gasteiger partial charge in [-0.1, -0.05) is 13.0 Å². The van der Waals surface area contributed by atoms with Crippen molar-refractivity contribution >= 4 is 5.69 Å². The van der Waals surface area contributed by atoms with Gasteiger partial charge in [0.1, 0.15) is 5.82 Å². The first-order chi connectivity index (χ1) is 9.28. The first kappa shape index (κ1) is 12.2. The highest BCUT2D eigenvalue weighted by Gasteiger charge is 2.25. The normalized spacial score (nSPS) is 19.3. The van der Waals surface area contributed by atoms with Crippen LogP contribution in [0.3, 0.4) is 0 Å². The number of nitrogens with two attached hydrogens (primary N) is 1. The molecule has 1 aliphatic rings. The molecular weight excluding hydrogens is 236 g/mol. The van der Waals surface area contributed by atoms with Crippen LogP contribution >= 0.6 is 0 Å². The Balaban J connectivity index is 1.79. The number of aromatic amines is 1. The van der Waals surface area contributed by atoms with Crippen LogP contribution in [0.2, 0.25) is 0 Å². The van der Waals surface area contributed by atoms with E-state index in [4.69, 9.17) is 5.73 Å². The van der Waals surface area contributed by atoms with Crippen LogP contribution in [-0.2, 0) is 6.42 Å². The van der Waals surface area contributed by atoms with Gasteiger partial charge in [0.05, 0.1) is 6.04 Å². The monoisotopic (exact) mass is 256 g/mol. The van der Waals surface area contributed by atoms with Crippen molar-refractivity contribution in [3.05, 3.63) is 47.5 Å². The summed E-state index contributed by atoms with van der Waals surface area (Å²) < 4.78 is 0. The third kappa shape index (κ3) is 2.36. The van der Waals surface area contributed by atoms with Crippen molar-refractivity contribution in [2.24, 2.45) is 0 Å². The van der Waals surface area contributed by atoms with Gasteiger partial charge < -0.3 is 16.0 Å². The number of imidazole rings is 1. The minimum absolute atomic E-state index is 0.281. The van der Waals surface area contributed by atoms with E-state index in [0.29, 0.717) is 6.04 Å². The first-order valence-corrected chi connectivity index (χ1v) is 6.91. The zero-order valence-corrected chi connectivity index (χ0v) is 11.2. The van der Waals surface area contributed by atoms with Gasteiger partial charge in [-0.25, -0.2) is 4.98 Å². The summed E-state index contributed by atoms with van der Waals surface area (Å²) in [6, 6.07) is 6.94. The van der Waals surface area contributed by atoms with Gasteiger partial charge in [-0.2, -0.15) is 0 Å². The lowest BCUT2D eigenvalue weighted by Gasteiger charge is -2.21. The van der Waals surface area contributed by atoms with Crippen molar-refractivity contribution in [2.45, 2.75) is 38.3 Å². The van der Waals surface area contributed by atoms with Crippen molar-refractivity contribution in [1.29, 1.82) is 0 Å². The average Bonchev–Trinajstić information content (AvgIpc) is 3.05. The summed E-state index contributed by atoms with van der Waals surface area (Å²) in [5.74, 6) is 1.02. The number of anilines is 1. The maximum atomic E-state index is 5.85. The van der Waals surface area contributed by atoms with Crippen LogP contribution in [0.25, 0.3) is 0 Å². The minimum Gasteiger partial charge on any atom is -0.399 e. The second kappa shape index (κ2) is 5.05. The molecule has 0 fully saturated rings. The predicted octanol–water partition coefficient (Wildman–Crippen LogP) is 2.72. The summed E-state index contributed by atoms with van der Waals surface area (Å²) in [6.45, 7) is 2.18. The Kier molecular flexibility index (Phi) is 3.25. The number of fused-ring (bicyclic) bond motifs is 1. The maximum absolute atomic E-state index is 5.85. The maximum Gasteiger partial charge on any atom is 0.123 e. The van der Waals surface area contributed by atoms with Gasteiger partial charge in [0.25, 0.3) is 0 Å². The van der Waals surface area contributed by atoms with Gasteiger partial charge in [0, 0.05) is 24.1 Å². The van der Waals surface area contributed by atoms with E-state index in [2.05, 4.69) is 34.3 Å². The lowest BCUT2D eigenvalue weighted by atomic mass is 10.1. The van der Waals surface area contributed by atoms with E-state index >= 15 is 0 Å². The fraction of sp³-hybridized carbons (Fsp3) is 0.400. The Hall–Kier alpha value is -1.81. The molecule has 2 unspecified atom stereocenters. The second-order valence-corrected chi connectivity index (χ2v) is 5.15. The molecule has 1 aliphatic carbocycles. The number of hydrogen-bond donors (Lipinski definition) is 3. The fourth-order valence-electron chi connectivity index (χ4n) is 2.91. The molecule has 0 aliphatic heterocycles. The van der Waals surface area contributed by atoms with E-state index < -0.39 is 0 Å². The highest BCUT2D eigenvalue weighted by Crippen LogP contribution is 2.34. The van der Waals surface area contributed by atoms with Crippen molar-refractivity contribution in [3.8, 4) is 0 Å². The molecule has 3 rings (SSSR count). The Labute approximate surface area is 113 Å². The van der Waals surface area contributed by atoms with Crippen LogP contribution in [0.5, 0.6) is 0 Å². The van der Waals surface area contributed by atoms with Gasteiger partial charge >= 0.3 is 0 Å². The summed E-state index contributed by atoms with van der Waals surface area (Å²) in [5.41, 5.74) is 9.47. The van der Waals surface area contributed by atoms with Crippen molar-refractivity contribution in [2.75, 3.05) is 5.73 Å². The SMILES string of the molecule is CCC(NC1CCc2cc(N)ccc21)c1ncc[nH]1. The molecule has 19 heavy (non-hydrogen) atoms. The molecular formula is C15H20N4. The van der Waals surface area contributed by atoms with Crippen molar-refractivity contribution in [1.82, 2.24) is 15.3 Å². The quantitative estimate of drug-likeness (QED) is 0.737. The molecule has 0 saturated heterocycles. The molecule has 0 radical (unpaired) electrons. The minimum atomic E-state index is 0.281. The van der Waals surface area contributed by atoms with Gasteiger partial charge in [0.15, 0.2) is 0 Å². The van der Waals surface area contributed by atoms with E-state index in [-0.39, 0.29) is 6.04 Å². The summed E-state index contributed by atoms with van der Waals surface area (Å²) in [7, 11) is 0. The number of nitrogens with one attached hydrogen (secondary N) is 2. The Morgan fingerprint density at radius 1 is 1.53 bits per heavy atom. The molecule has 0 spiro atoms. The van der Waals surface area contributed by atoms with Crippen LogP contribution in [0, 0.1) is 0 Å². The fourth-order valence-corrected chi connectivity index (χ4v) is 2.91. The van der Waals surface area contributed by atoms with Crippen LogP contribution in [0.15, 0.2) is 30.6 Å². The molecule has 1 aromatic carbocycles. The Morgan fingerprint density at radius 3 is 3.16 bits per heavy atom. The molecule has 0 amide bonds. The average molecular weight is 256 g/mol. The van der Waals surface area contributed by atoms with Gasteiger partial charge in [-0.15, -0.1) is 0 Å². The number of H-pyrrole nitrogens is 1. The number of aromatic nitrogens is 2. The smallest absolute Gasteiger partial charge is 0.123 e. The zero-order valence-electron chi connectivity index (χ0n) is 11.2. The molecule has 4 heteroatoms. The molecule has 100 valence electrons. The number of nitrogens with zero attached hydrogens (tertiary/aromatic N) is 1. The molecule has 4 nitrogen and oxygen atoms in total. The highest BCUT2D eigenvalue weighted by molar-refractivity contribution is 5.47. The van der Waals surface area contributed by atoms with Crippen LogP contribution in [-0.4, -0.2) is 9.97 Å². The highest BCUT2D eigenvalue weighted by atomic mass is 15.0. The van der Waals surface area contributed by atoms with Gasteiger partial charge in [0.2, 0.25) is 0 Å². The number of aryl methyl sites for hydroxylation is 1. The van der Waals surface area contributed by atoms with E-state index in [0.717, 1.165) is 30.8 Å². The number of rotatable bonds is 4.